The lowest BCUT2D eigenvalue weighted by atomic mass is 9.98. The van der Waals surface area contributed by atoms with Crippen LogP contribution in [0.1, 0.15) is 50.2 Å². The topological polar surface area (TPSA) is 95.9 Å². The highest BCUT2D eigenvalue weighted by Crippen LogP contribution is 2.44. The predicted molar refractivity (Wildman–Crippen MR) is 121 cm³/mol. The molecule has 0 radical (unpaired) electrons. The first-order valence-corrected chi connectivity index (χ1v) is 11.0. The Morgan fingerprint density at radius 3 is 2.16 bits per heavy atom. The first-order valence-electron chi connectivity index (χ1n) is 11.0. The van der Waals surface area contributed by atoms with Gasteiger partial charge >= 0.3 is 12.1 Å². The molecule has 0 saturated carbocycles. The average Bonchev–Trinajstić information content (AvgIpc) is 3.12. The minimum atomic E-state index is -1.10. The van der Waals surface area contributed by atoms with Gasteiger partial charge in [-0.15, -0.1) is 0 Å². The van der Waals surface area contributed by atoms with Gasteiger partial charge in [0.2, 0.25) is 5.91 Å². The molecule has 2 aromatic rings. The largest absolute Gasteiger partial charge is 0.480 e. The van der Waals surface area contributed by atoms with Crippen molar-refractivity contribution in [1.29, 1.82) is 0 Å². The molecule has 1 unspecified atom stereocenters. The van der Waals surface area contributed by atoms with E-state index in [0.29, 0.717) is 6.42 Å². The zero-order valence-electron chi connectivity index (χ0n) is 18.7. The van der Waals surface area contributed by atoms with Gasteiger partial charge < -0.3 is 20.1 Å². The van der Waals surface area contributed by atoms with Gasteiger partial charge in [0.15, 0.2) is 0 Å². The van der Waals surface area contributed by atoms with E-state index in [0.717, 1.165) is 40.0 Å². The van der Waals surface area contributed by atoms with E-state index in [1.165, 1.54) is 14.0 Å². The van der Waals surface area contributed by atoms with Gasteiger partial charge in [-0.3, -0.25) is 4.79 Å². The van der Waals surface area contributed by atoms with Crippen molar-refractivity contribution in [2.24, 2.45) is 0 Å². The van der Waals surface area contributed by atoms with Crippen molar-refractivity contribution in [2.45, 2.75) is 51.1 Å². The smallest absolute Gasteiger partial charge is 0.407 e. The van der Waals surface area contributed by atoms with Crippen molar-refractivity contribution in [3.63, 3.8) is 0 Å². The van der Waals surface area contributed by atoms with E-state index in [-0.39, 0.29) is 12.5 Å². The number of carboxylic acids is 1. The molecule has 2 atom stereocenters. The molecule has 7 heteroatoms. The van der Waals surface area contributed by atoms with E-state index in [1.807, 2.05) is 43.3 Å². The molecule has 1 aliphatic rings. The summed E-state index contributed by atoms with van der Waals surface area (Å²) in [5.74, 6) is -1.62. The third-order valence-electron chi connectivity index (χ3n) is 6.07. The van der Waals surface area contributed by atoms with Crippen LogP contribution in [0.3, 0.4) is 0 Å². The summed E-state index contributed by atoms with van der Waals surface area (Å²) in [5.41, 5.74) is 4.49. The monoisotopic (exact) mass is 438 g/mol. The van der Waals surface area contributed by atoms with Gasteiger partial charge in [-0.05, 0) is 35.6 Å². The lowest BCUT2D eigenvalue weighted by Crippen LogP contribution is -2.51. The second-order valence-corrected chi connectivity index (χ2v) is 8.13. The molecular formula is C25H30N2O5. The molecule has 0 fully saturated rings. The summed E-state index contributed by atoms with van der Waals surface area (Å²) in [5, 5.41) is 11.9. The number of benzene rings is 2. The summed E-state index contributed by atoms with van der Waals surface area (Å²) in [6.07, 6.45) is 1.29. The van der Waals surface area contributed by atoms with Crippen molar-refractivity contribution in [1.82, 2.24) is 10.2 Å². The lowest BCUT2D eigenvalue weighted by molar-refractivity contribution is -0.149. The fraction of sp³-hybridized carbons (Fsp3) is 0.400. The highest BCUT2D eigenvalue weighted by atomic mass is 16.5. The number of amides is 2. The molecule has 7 nitrogen and oxygen atoms in total. The minimum absolute atomic E-state index is 0.0763. The number of unbranched alkanes of at least 4 members (excludes halogenated alkanes) is 1. The molecule has 1 aliphatic carbocycles. The fourth-order valence-corrected chi connectivity index (χ4v) is 4.05. The van der Waals surface area contributed by atoms with Crippen LogP contribution in [0.25, 0.3) is 11.1 Å². The lowest BCUT2D eigenvalue weighted by Gasteiger charge is -2.27. The van der Waals surface area contributed by atoms with E-state index >= 15 is 0 Å². The SMILES string of the molecule is CCCC[C@H](NC(=O)OCC1c2ccccc2-c2ccccc21)C(=O)N(C)C(C)C(=O)O. The zero-order valence-corrected chi connectivity index (χ0v) is 18.7. The quantitative estimate of drug-likeness (QED) is 0.617. The molecule has 3 rings (SSSR count). The third-order valence-corrected chi connectivity index (χ3v) is 6.07. The summed E-state index contributed by atoms with van der Waals surface area (Å²) < 4.78 is 5.55. The third kappa shape index (κ3) is 4.93. The molecule has 0 aliphatic heterocycles. The summed E-state index contributed by atoms with van der Waals surface area (Å²) in [6, 6.07) is 14.3. The Hall–Kier alpha value is -3.35. The van der Waals surface area contributed by atoms with Gasteiger partial charge in [0.05, 0.1) is 0 Å². The first kappa shape index (κ1) is 23.3. The number of ether oxygens (including phenoxy) is 1. The number of nitrogens with zero attached hydrogens (tertiary/aromatic N) is 1. The first-order chi connectivity index (χ1) is 15.3. The molecule has 0 saturated heterocycles. The Labute approximate surface area is 188 Å². The molecule has 170 valence electrons. The van der Waals surface area contributed by atoms with E-state index in [2.05, 4.69) is 17.4 Å². The number of rotatable bonds is 9. The van der Waals surface area contributed by atoms with Gasteiger partial charge in [0, 0.05) is 13.0 Å². The summed E-state index contributed by atoms with van der Waals surface area (Å²) >= 11 is 0. The van der Waals surface area contributed by atoms with Crippen LogP contribution in [0.15, 0.2) is 48.5 Å². The van der Waals surface area contributed by atoms with Crippen molar-refractivity contribution in [3.05, 3.63) is 59.7 Å². The van der Waals surface area contributed by atoms with Gasteiger partial charge in [0.25, 0.3) is 0 Å². The maximum atomic E-state index is 12.8. The molecule has 0 spiro atoms. The molecule has 2 N–H and O–H groups in total. The van der Waals surface area contributed by atoms with E-state index in [9.17, 15) is 19.5 Å². The molecular weight excluding hydrogens is 408 g/mol. The van der Waals surface area contributed by atoms with E-state index < -0.39 is 30.1 Å². The van der Waals surface area contributed by atoms with Crippen LogP contribution in [0.5, 0.6) is 0 Å². The van der Waals surface area contributed by atoms with Crippen LogP contribution < -0.4 is 5.32 Å². The number of fused-ring (bicyclic) bond motifs is 3. The molecule has 2 amide bonds. The van der Waals surface area contributed by atoms with Crippen LogP contribution >= 0.6 is 0 Å². The predicted octanol–water partition coefficient (Wildman–Crippen LogP) is 4.02. The Morgan fingerprint density at radius 1 is 1.06 bits per heavy atom. The van der Waals surface area contributed by atoms with Gasteiger partial charge in [0.1, 0.15) is 18.7 Å². The molecule has 2 aromatic carbocycles. The van der Waals surface area contributed by atoms with Crippen molar-refractivity contribution < 1.29 is 24.2 Å². The van der Waals surface area contributed by atoms with Crippen LogP contribution in [-0.2, 0) is 14.3 Å². The normalized spacial score (nSPS) is 14.1. The summed E-state index contributed by atoms with van der Waals surface area (Å²) in [4.78, 5) is 37.8. The Kier molecular flexibility index (Phi) is 7.51. The number of aliphatic carboxylic acids is 1. The number of nitrogens with one attached hydrogen (secondary N) is 1. The number of alkyl carbamates (subject to hydrolysis) is 1. The number of hydrogen-bond donors (Lipinski definition) is 2. The molecule has 0 bridgehead atoms. The van der Waals surface area contributed by atoms with Gasteiger partial charge in [-0.1, -0.05) is 68.3 Å². The molecule has 32 heavy (non-hydrogen) atoms. The van der Waals surface area contributed by atoms with E-state index in [4.69, 9.17) is 4.74 Å². The van der Waals surface area contributed by atoms with Crippen molar-refractivity contribution in [3.8, 4) is 11.1 Å². The van der Waals surface area contributed by atoms with Crippen molar-refractivity contribution in [2.75, 3.05) is 13.7 Å². The number of carbonyl (C=O) groups is 3. The van der Waals surface area contributed by atoms with Gasteiger partial charge in [-0.2, -0.15) is 0 Å². The molecule has 0 aromatic heterocycles. The average molecular weight is 439 g/mol. The van der Waals surface area contributed by atoms with Crippen LogP contribution in [0, 0.1) is 0 Å². The maximum Gasteiger partial charge on any atom is 0.407 e. The highest BCUT2D eigenvalue weighted by molar-refractivity contribution is 5.89. The summed E-state index contributed by atoms with van der Waals surface area (Å²) in [6.45, 7) is 3.57. The Bertz CT molecular complexity index is 944. The second kappa shape index (κ2) is 10.3. The van der Waals surface area contributed by atoms with Gasteiger partial charge in [-0.25, -0.2) is 9.59 Å². The Balaban J connectivity index is 1.68. The number of hydrogen-bond acceptors (Lipinski definition) is 4. The second-order valence-electron chi connectivity index (χ2n) is 8.13. The fourth-order valence-electron chi connectivity index (χ4n) is 4.05. The van der Waals surface area contributed by atoms with Crippen LogP contribution in [-0.4, -0.2) is 53.7 Å². The number of carbonyl (C=O) groups excluding carboxylic acids is 2. The standard InChI is InChI=1S/C25H30N2O5/c1-4-5-14-22(23(28)27(3)16(2)24(29)30)26-25(31)32-15-21-19-12-8-6-10-17(19)18-11-7-9-13-20(18)21/h6-13,16,21-22H,4-5,14-15H2,1-3H3,(H,26,31)(H,29,30)/t16?,22-/m0/s1. The summed E-state index contributed by atoms with van der Waals surface area (Å²) in [7, 11) is 1.43. The van der Waals surface area contributed by atoms with E-state index in [1.54, 1.807) is 0 Å². The highest BCUT2D eigenvalue weighted by Gasteiger charge is 2.31. The zero-order chi connectivity index (χ0) is 23.3. The number of carboxylic acid groups (broad SMARTS) is 1. The van der Waals surface area contributed by atoms with Crippen LogP contribution in [0.2, 0.25) is 0 Å². The number of likely N-dealkylation sites (N-methyl/N-ethyl adjacent to an activating group) is 1. The Morgan fingerprint density at radius 2 is 1.62 bits per heavy atom. The maximum absolute atomic E-state index is 12.8. The minimum Gasteiger partial charge on any atom is -0.480 e. The van der Waals surface area contributed by atoms with Crippen LogP contribution in [0.4, 0.5) is 4.79 Å². The molecule has 0 heterocycles. The van der Waals surface area contributed by atoms with Crippen molar-refractivity contribution >= 4 is 18.0 Å².